The molecule has 0 aliphatic rings. The number of hydrogen-bond donors (Lipinski definition) is 1. The van der Waals surface area contributed by atoms with Crippen LogP contribution in [0.2, 0.25) is 0 Å². The number of hydrogen-bond acceptors (Lipinski definition) is 4. The summed E-state index contributed by atoms with van der Waals surface area (Å²) >= 11 is 6.91. The summed E-state index contributed by atoms with van der Waals surface area (Å²) in [5, 5.41) is 2.29. The molecule has 0 aliphatic carbocycles. The van der Waals surface area contributed by atoms with E-state index in [1.807, 2.05) is 19.2 Å². The van der Waals surface area contributed by atoms with E-state index < -0.39 is 10.0 Å². The van der Waals surface area contributed by atoms with Gasteiger partial charge in [0.15, 0.2) is 5.13 Å². The van der Waals surface area contributed by atoms with Crippen LogP contribution in [0.3, 0.4) is 0 Å². The maximum atomic E-state index is 11.7. The average molecular weight is 297 g/mol. The summed E-state index contributed by atoms with van der Waals surface area (Å²) in [6.45, 7) is 5.83. The lowest BCUT2D eigenvalue weighted by atomic mass is 10.2. The van der Waals surface area contributed by atoms with E-state index in [1.54, 1.807) is 6.92 Å². The molecule has 17 heavy (non-hydrogen) atoms. The van der Waals surface area contributed by atoms with E-state index in [2.05, 4.69) is 9.71 Å². The minimum atomic E-state index is -3.34. The highest BCUT2D eigenvalue weighted by Gasteiger charge is 2.17. The van der Waals surface area contributed by atoms with Crippen molar-refractivity contribution in [1.82, 2.24) is 4.98 Å². The van der Waals surface area contributed by atoms with Gasteiger partial charge >= 0.3 is 0 Å². The first-order valence-corrected chi connectivity index (χ1v) is 8.42. The number of thiazole rings is 1. The molecule has 0 saturated heterocycles. The number of halogens is 1. The molecule has 0 radical (unpaired) electrons. The number of aromatic nitrogens is 1. The second-order valence-corrected chi connectivity index (χ2v) is 7.31. The summed E-state index contributed by atoms with van der Waals surface area (Å²) < 4.78 is 26.0. The molecular formula is C10H17ClN2O2S2. The summed E-state index contributed by atoms with van der Waals surface area (Å²) in [7, 11) is -3.34. The summed E-state index contributed by atoms with van der Waals surface area (Å²) in [5.74, 6) is 0.577. The monoisotopic (exact) mass is 296 g/mol. The van der Waals surface area contributed by atoms with Crippen LogP contribution < -0.4 is 4.72 Å². The van der Waals surface area contributed by atoms with Crippen molar-refractivity contribution in [2.45, 2.75) is 26.7 Å². The van der Waals surface area contributed by atoms with Gasteiger partial charge < -0.3 is 0 Å². The van der Waals surface area contributed by atoms with E-state index in [9.17, 15) is 8.42 Å². The van der Waals surface area contributed by atoms with Crippen LogP contribution in [-0.2, 0) is 10.0 Å². The number of nitrogens with zero attached hydrogens (tertiary/aromatic N) is 1. The molecule has 0 bridgehead atoms. The van der Waals surface area contributed by atoms with Gasteiger partial charge in [0.1, 0.15) is 0 Å². The van der Waals surface area contributed by atoms with Crippen molar-refractivity contribution in [3.8, 4) is 0 Å². The molecule has 1 heterocycles. The summed E-state index contributed by atoms with van der Waals surface area (Å²) in [4.78, 5) is 4.22. The Labute approximate surface area is 111 Å². The highest BCUT2D eigenvalue weighted by atomic mass is 35.5. The molecular weight excluding hydrogens is 280 g/mol. The second kappa shape index (κ2) is 6.02. The van der Waals surface area contributed by atoms with E-state index in [1.165, 1.54) is 11.3 Å². The second-order valence-electron chi connectivity index (χ2n) is 4.38. The van der Waals surface area contributed by atoms with Crippen molar-refractivity contribution in [2.24, 2.45) is 5.92 Å². The van der Waals surface area contributed by atoms with Crippen LogP contribution in [0.15, 0.2) is 5.38 Å². The van der Waals surface area contributed by atoms with Gasteiger partial charge in [0.25, 0.3) is 0 Å². The van der Waals surface area contributed by atoms with Gasteiger partial charge in [0.05, 0.1) is 11.4 Å². The zero-order valence-corrected chi connectivity index (χ0v) is 12.5. The number of sulfonamides is 1. The molecule has 1 rings (SSSR count). The third-order valence-corrected chi connectivity index (χ3v) is 5.07. The largest absolute Gasteiger partial charge is 0.259 e. The van der Waals surface area contributed by atoms with Gasteiger partial charge in [-0.3, -0.25) is 4.72 Å². The molecule has 0 aromatic carbocycles. The van der Waals surface area contributed by atoms with E-state index in [0.29, 0.717) is 16.9 Å². The normalized spacial score (nSPS) is 13.9. The van der Waals surface area contributed by atoms with Crippen molar-refractivity contribution in [1.29, 1.82) is 0 Å². The fourth-order valence-corrected chi connectivity index (χ4v) is 3.98. The number of anilines is 1. The Hall–Kier alpha value is -0.330. The molecule has 1 aromatic rings. The van der Waals surface area contributed by atoms with Crippen molar-refractivity contribution in [3.05, 3.63) is 11.1 Å². The molecule has 7 heteroatoms. The lowest BCUT2D eigenvalue weighted by Crippen LogP contribution is -2.22. The van der Waals surface area contributed by atoms with Crippen molar-refractivity contribution < 1.29 is 8.42 Å². The topological polar surface area (TPSA) is 59.1 Å². The molecule has 1 unspecified atom stereocenters. The van der Waals surface area contributed by atoms with E-state index in [4.69, 9.17) is 11.6 Å². The Kier molecular flexibility index (Phi) is 5.22. The van der Waals surface area contributed by atoms with E-state index in [-0.39, 0.29) is 11.7 Å². The van der Waals surface area contributed by atoms with Gasteiger partial charge in [-0.2, -0.15) is 0 Å². The molecule has 0 fully saturated rings. The van der Waals surface area contributed by atoms with Crippen LogP contribution in [0.5, 0.6) is 0 Å². The van der Waals surface area contributed by atoms with Crippen LogP contribution in [0, 0.1) is 5.92 Å². The van der Waals surface area contributed by atoms with Crippen LogP contribution in [0.4, 0.5) is 5.13 Å². The Morgan fingerprint density at radius 1 is 1.47 bits per heavy atom. The number of nitrogens with one attached hydrogen (secondary N) is 1. The Morgan fingerprint density at radius 3 is 2.59 bits per heavy atom. The molecule has 0 aliphatic heterocycles. The lowest BCUT2D eigenvalue weighted by molar-refractivity contribution is 0.588. The van der Waals surface area contributed by atoms with Crippen LogP contribution in [-0.4, -0.2) is 25.0 Å². The highest BCUT2D eigenvalue weighted by Crippen LogP contribution is 2.22. The Balaban J connectivity index is 2.69. The number of alkyl halides is 1. The molecule has 1 N–H and O–H groups in total. The highest BCUT2D eigenvalue weighted by molar-refractivity contribution is 7.92. The maximum absolute atomic E-state index is 11.7. The van der Waals surface area contributed by atoms with Gasteiger partial charge in [-0.15, -0.1) is 22.9 Å². The van der Waals surface area contributed by atoms with Gasteiger partial charge in [-0.1, -0.05) is 20.8 Å². The zero-order valence-electron chi connectivity index (χ0n) is 10.1. The summed E-state index contributed by atoms with van der Waals surface area (Å²) in [5.41, 5.74) is 0.901. The zero-order chi connectivity index (χ0) is 13.1. The minimum Gasteiger partial charge on any atom is -0.259 e. The Bertz CT molecular complexity index is 457. The van der Waals surface area contributed by atoms with Crippen LogP contribution in [0.1, 0.15) is 32.4 Å². The van der Waals surface area contributed by atoms with Gasteiger partial charge in [-0.25, -0.2) is 13.4 Å². The maximum Gasteiger partial charge on any atom is 0.234 e. The molecule has 4 nitrogen and oxygen atoms in total. The van der Waals surface area contributed by atoms with Crippen LogP contribution in [0.25, 0.3) is 0 Å². The van der Waals surface area contributed by atoms with Crippen molar-refractivity contribution in [3.63, 3.8) is 0 Å². The fourth-order valence-electron chi connectivity index (χ4n) is 1.19. The van der Waals surface area contributed by atoms with Gasteiger partial charge in [-0.05, 0) is 11.8 Å². The smallest absolute Gasteiger partial charge is 0.234 e. The summed E-state index contributed by atoms with van der Waals surface area (Å²) in [6.07, 6.45) is 0. The van der Waals surface area contributed by atoms with E-state index >= 15 is 0 Å². The quantitative estimate of drug-likeness (QED) is 0.821. The minimum absolute atomic E-state index is 0.0209. The van der Waals surface area contributed by atoms with Gasteiger partial charge in [0.2, 0.25) is 10.0 Å². The van der Waals surface area contributed by atoms with Crippen molar-refractivity contribution >= 4 is 38.1 Å². The molecule has 0 spiro atoms. The SMILES string of the molecule is CC(CCl)CS(=O)(=O)Nc1nc(C(C)C)cs1. The lowest BCUT2D eigenvalue weighted by Gasteiger charge is -2.08. The van der Waals surface area contributed by atoms with E-state index in [0.717, 1.165) is 5.69 Å². The summed E-state index contributed by atoms with van der Waals surface area (Å²) in [6, 6.07) is 0. The predicted octanol–water partition coefficient (Wildman–Crippen LogP) is 2.88. The first-order valence-electron chi connectivity index (χ1n) is 5.36. The van der Waals surface area contributed by atoms with Crippen molar-refractivity contribution in [2.75, 3.05) is 16.4 Å². The Morgan fingerprint density at radius 2 is 2.12 bits per heavy atom. The third kappa shape index (κ3) is 4.81. The predicted molar refractivity (Wildman–Crippen MR) is 73.5 cm³/mol. The molecule has 1 aromatic heterocycles. The molecule has 1 atom stereocenters. The van der Waals surface area contributed by atoms with Gasteiger partial charge in [0, 0.05) is 11.3 Å². The first-order chi connectivity index (χ1) is 7.84. The molecule has 98 valence electrons. The average Bonchev–Trinajstić information content (AvgIpc) is 2.64. The third-order valence-electron chi connectivity index (χ3n) is 2.12. The first kappa shape index (κ1) is 14.7. The standard InChI is InChI=1S/C10H17ClN2O2S2/c1-7(2)9-5-16-10(12-9)13-17(14,15)6-8(3)4-11/h5,7-8H,4,6H2,1-3H3,(H,12,13). The molecule has 0 amide bonds. The number of rotatable bonds is 6. The fraction of sp³-hybridized carbons (Fsp3) is 0.700. The molecule has 0 saturated carbocycles. The van der Waals surface area contributed by atoms with Crippen LogP contribution >= 0.6 is 22.9 Å².